The lowest BCUT2D eigenvalue weighted by Crippen LogP contribution is -2.42. The van der Waals surface area contributed by atoms with E-state index in [-0.39, 0.29) is 6.10 Å². The fourth-order valence-electron chi connectivity index (χ4n) is 1.97. The average Bonchev–Trinajstić information content (AvgIpc) is 2.23. The lowest BCUT2D eigenvalue weighted by molar-refractivity contribution is 0.103. The van der Waals surface area contributed by atoms with E-state index >= 15 is 0 Å². The van der Waals surface area contributed by atoms with Gasteiger partial charge in [-0.2, -0.15) is 0 Å². The van der Waals surface area contributed by atoms with Gasteiger partial charge in [-0.3, -0.25) is 0 Å². The zero-order chi connectivity index (χ0) is 10.8. The molecule has 0 aliphatic carbocycles. The van der Waals surface area contributed by atoms with Gasteiger partial charge in [0, 0.05) is 24.5 Å². The molecule has 1 fully saturated rings. The Hall–Kier alpha value is -1.22. The van der Waals surface area contributed by atoms with Crippen molar-refractivity contribution < 1.29 is 5.11 Å². The summed E-state index contributed by atoms with van der Waals surface area (Å²) in [6.45, 7) is 3.85. The maximum Gasteiger partial charge on any atom is 0.0741 e. The molecule has 2 unspecified atom stereocenters. The molecule has 1 aromatic carbocycles. The first-order chi connectivity index (χ1) is 7.16. The zero-order valence-corrected chi connectivity index (χ0v) is 9.06. The smallest absolute Gasteiger partial charge is 0.0741 e. The number of aliphatic hydroxyl groups excluding tert-OH is 1. The SMILES string of the molecule is CC1CCN(c2ccc(N)cc2)CC1O. The van der Waals surface area contributed by atoms with Crippen LogP contribution in [0.4, 0.5) is 11.4 Å². The Morgan fingerprint density at radius 1 is 1.33 bits per heavy atom. The van der Waals surface area contributed by atoms with Gasteiger partial charge >= 0.3 is 0 Å². The van der Waals surface area contributed by atoms with Gasteiger partial charge < -0.3 is 15.7 Å². The Labute approximate surface area is 90.5 Å². The number of benzene rings is 1. The quantitative estimate of drug-likeness (QED) is 0.684. The number of nitrogens with zero attached hydrogens (tertiary/aromatic N) is 1. The Morgan fingerprint density at radius 3 is 2.60 bits per heavy atom. The van der Waals surface area contributed by atoms with E-state index in [4.69, 9.17) is 5.73 Å². The van der Waals surface area contributed by atoms with E-state index < -0.39 is 0 Å². The van der Waals surface area contributed by atoms with E-state index in [1.54, 1.807) is 0 Å². The third-order valence-electron chi connectivity index (χ3n) is 3.18. The van der Waals surface area contributed by atoms with E-state index in [9.17, 15) is 5.11 Å². The number of hydrogen-bond donors (Lipinski definition) is 2. The van der Waals surface area contributed by atoms with Crippen LogP contribution in [-0.4, -0.2) is 24.3 Å². The molecule has 1 saturated heterocycles. The van der Waals surface area contributed by atoms with Crippen molar-refractivity contribution in [1.82, 2.24) is 0 Å². The molecule has 0 amide bonds. The standard InChI is InChI=1S/C12H18N2O/c1-9-6-7-14(8-12(9)15)11-4-2-10(13)3-5-11/h2-5,9,12,15H,6-8,13H2,1H3. The second-order valence-corrected chi connectivity index (χ2v) is 4.37. The third-order valence-corrected chi connectivity index (χ3v) is 3.18. The number of aliphatic hydroxyl groups is 1. The molecule has 0 bridgehead atoms. The second-order valence-electron chi connectivity index (χ2n) is 4.37. The number of piperidine rings is 1. The van der Waals surface area contributed by atoms with Gasteiger partial charge in [-0.15, -0.1) is 0 Å². The average molecular weight is 206 g/mol. The summed E-state index contributed by atoms with van der Waals surface area (Å²) in [5.74, 6) is 0.412. The molecule has 2 rings (SSSR count). The Bertz CT molecular complexity index is 323. The predicted octanol–water partition coefficient (Wildman–Crippen LogP) is 1.48. The molecule has 0 saturated carbocycles. The molecule has 0 radical (unpaired) electrons. The van der Waals surface area contributed by atoms with Gasteiger partial charge in [0.05, 0.1) is 6.10 Å². The van der Waals surface area contributed by atoms with Gasteiger partial charge in [-0.05, 0) is 36.6 Å². The van der Waals surface area contributed by atoms with Crippen molar-refractivity contribution in [2.45, 2.75) is 19.4 Å². The van der Waals surface area contributed by atoms with E-state index in [1.807, 2.05) is 24.3 Å². The van der Waals surface area contributed by atoms with Gasteiger partial charge in [0.25, 0.3) is 0 Å². The monoisotopic (exact) mass is 206 g/mol. The summed E-state index contributed by atoms with van der Waals surface area (Å²) < 4.78 is 0. The van der Waals surface area contributed by atoms with Crippen LogP contribution in [0.15, 0.2) is 24.3 Å². The zero-order valence-electron chi connectivity index (χ0n) is 9.06. The maximum absolute atomic E-state index is 9.80. The van der Waals surface area contributed by atoms with Crippen LogP contribution in [0.3, 0.4) is 0 Å². The van der Waals surface area contributed by atoms with Crippen LogP contribution in [0.5, 0.6) is 0 Å². The Balaban J connectivity index is 2.08. The van der Waals surface area contributed by atoms with Crippen molar-refractivity contribution in [2.24, 2.45) is 5.92 Å². The highest BCUT2D eigenvalue weighted by molar-refractivity contribution is 5.53. The maximum atomic E-state index is 9.80. The first-order valence-corrected chi connectivity index (χ1v) is 5.45. The number of nitrogen functional groups attached to an aromatic ring is 1. The number of rotatable bonds is 1. The molecule has 82 valence electrons. The van der Waals surface area contributed by atoms with E-state index in [0.29, 0.717) is 5.92 Å². The summed E-state index contributed by atoms with van der Waals surface area (Å²) in [5.41, 5.74) is 7.57. The Morgan fingerprint density at radius 2 is 2.00 bits per heavy atom. The molecule has 15 heavy (non-hydrogen) atoms. The number of nitrogens with two attached hydrogens (primary N) is 1. The molecule has 0 aromatic heterocycles. The molecule has 1 heterocycles. The summed E-state index contributed by atoms with van der Waals surface area (Å²) in [6.07, 6.45) is 0.835. The van der Waals surface area contributed by atoms with Gasteiger partial charge in [0.15, 0.2) is 0 Å². The van der Waals surface area contributed by atoms with Crippen molar-refractivity contribution in [3.8, 4) is 0 Å². The first-order valence-electron chi connectivity index (χ1n) is 5.45. The van der Waals surface area contributed by atoms with Crippen LogP contribution >= 0.6 is 0 Å². The topological polar surface area (TPSA) is 49.5 Å². The second kappa shape index (κ2) is 4.11. The minimum atomic E-state index is -0.212. The Kier molecular flexibility index (Phi) is 2.82. The molecule has 3 nitrogen and oxygen atoms in total. The van der Waals surface area contributed by atoms with Crippen molar-refractivity contribution in [3.05, 3.63) is 24.3 Å². The highest BCUT2D eigenvalue weighted by Gasteiger charge is 2.24. The summed E-state index contributed by atoms with van der Waals surface area (Å²) in [7, 11) is 0. The van der Waals surface area contributed by atoms with Crippen LogP contribution in [0.25, 0.3) is 0 Å². The predicted molar refractivity (Wildman–Crippen MR) is 62.9 cm³/mol. The highest BCUT2D eigenvalue weighted by Crippen LogP contribution is 2.23. The normalized spacial score (nSPS) is 26.7. The van der Waals surface area contributed by atoms with Gasteiger partial charge in [-0.1, -0.05) is 6.92 Å². The fourth-order valence-corrected chi connectivity index (χ4v) is 1.97. The number of hydrogen-bond acceptors (Lipinski definition) is 3. The van der Waals surface area contributed by atoms with E-state index in [0.717, 1.165) is 30.9 Å². The van der Waals surface area contributed by atoms with Crippen LogP contribution in [0, 0.1) is 5.92 Å². The van der Waals surface area contributed by atoms with Crippen LogP contribution in [-0.2, 0) is 0 Å². The molecule has 2 atom stereocenters. The lowest BCUT2D eigenvalue weighted by atomic mass is 9.96. The molecule has 1 aliphatic rings. The largest absolute Gasteiger partial charge is 0.399 e. The molecule has 1 aliphatic heterocycles. The molecule has 0 spiro atoms. The minimum absolute atomic E-state index is 0.212. The third kappa shape index (κ3) is 2.23. The molecule has 3 N–H and O–H groups in total. The van der Waals surface area contributed by atoms with Gasteiger partial charge in [0.2, 0.25) is 0 Å². The van der Waals surface area contributed by atoms with Crippen LogP contribution < -0.4 is 10.6 Å². The van der Waals surface area contributed by atoms with E-state index in [1.165, 1.54) is 0 Å². The highest BCUT2D eigenvalue weighted by atomic mass is 16.3. The fraction of sp³-hybridized carbons (Fsp3) is 0.500. The first kappa shape index (κ1) is 10.3. The molecular formula is C12H18N2O. The molecule has 3 heteroatoms. The molecular weight excluding hydrogens is 188 g/mol. The molecule has 1 aromatic rings. The minimum Gasteiger partial charge on any atom is -0.399 e. The van der Waals surface area contributed by atoms with E-state index in [2.05, 4.69) is 11.8 Å². The summed E-state index contributed by atoms with van der Waals surface area (Å²) >= 11 is 0. The van der Waals surface area contributed by atoms with Gasteiger partial charge in [-0.25, -0.2) is 0 Å². The van der Waals surface area contributed by atoms with Crippen molar-refractivity contribution in [3.63, 3.8) is 0 Å². The summed E-state index contributed by atoms with van der Waals surface area (Å²) in [6, 6.07) is 7.83. The van der Waals surface area contributed by atoms with Gasteiger partial charge in [0.1, 0.15) is 0 Å². The number of anilines is 2. The number of β-amino-alcohol motifs (C(OH)–C–C–N with tert-alkyl or cyclic N) is 1. The lowest BCUT2D eigenvalue weighted by Gasteiger charge is -2.35. The van der Waals surface area contributed by atoms with Crippen molar-refractivity contribution in [2.75, 3.05) is 23.7 Å². The van der Waals surface area contributed by atoms with Crippen LogP contribution in [0.1, 0.15) is 13.3 Å². The summed E-state index contributed by atoms with van der Waals surface area (Å²) in [5, 5.41) is 9.80. The van der Waals surface area contributed by atoms with Crippen LogP contribution in [0.2, 0.25) is 0 Å². The van der Waals surface area contributed by atoms with Crippen molar-refractivity contribution >= 4 is 11.4 Å². The van der Waals surface area contributed by atoms with Crippen molar-refractivity contribution in [1.29, 1.82) is 0 Å². The summed E-state index contributed by atoms with van der Waals surface area (Å²) in [4.78, 5) is 2.21.